The molecule has 380 valence electrons. The van der Waals surface area contributed by atoms with Gasteiger partial charge in [0.05, 0.1) is 0 Å². The van der Waals surface area contributed by atoms with Gasteiger partial charge in [0.25, 0.3) is 0 Å². The maximum Gasteiger partial charge on any atom is 0.306 e. The van der Waals surface area contributed by atoms with E-state index < -0.39 is 6.10 Å². The number of hydrogen-bond donors (Lipinski definition) is 0. The Bertz CT molecular complexity index is 1390. The molecule has 0 fully saturated rings. The monoisotopic (exact) mass is 929 g/mol. The first kappa shape index (κ1) is 63.1. The van der Waals surface area contributed by atoms with Crippen molar-refractivity contribution in [1.82, 2.24) is 0 Å². The van der Waals surface area contributed by atoms with Crippen LogP contribution in [-0.4, -0.2) is 37.2 Å². The fourth-order valence-electron chi connectivity index (χ4n) is 7.18. The Morgan fingerprint density at radius 1 is 0.328 bits per heavy atom. The standard InChI is InChI=1S/C61H100O6/c1-4-7-10-13-16-19-22-25-28-30-32-33-36-39-42-45-48-51-54-60(63)66-57-58(56-65-59(62)53-50-47-44-41-38-35-27-24-21-18-15-12-9-6-3)67-61(64)55-52-49-46-43-40-37-34-31-29-26-23-20-17-14-11-8-5-2/h9,12,17-18,20-22,25-26,28-30,32-34,37,43,46,58H,4-8,10-11,13-16,19,23-24,27,31,35-36,38-42,44-45,47-57H2,1-3H3/b12-9-,20-17-,21-18-,25-22-,29-26-,30-28-,33-32-,37-34-,46-43-. The van der Waals surface area contributed by atoms with Crippen molar-refractivity contribution in [1.29, 1.82) is 0 Å². The molecule has 0 bridgehead atoms. The molecule has 0 saturated carbocycles. The van der Waals surface area contributed by atoms with Crippen LogP contribution in [0, 0.1) is 0 Å². The zero-order valence-electron chi connectivity index (χ0n) is 43.4. The minimum atomic E-state index is -0.821. The molecule has 67 heavy (non-hydrogen) atoms. The summed E-state index contributed by atoms with van der Waals surface area (Å²) in [6.07, 6.45) is 73.6. The van der Waals surface area contributed by atoms with Crippen molar-refractivity contribution in [3.05, 3.63) is 109 Å². The molecule has 0 aliphatic rings. The van der Waals surface area contributed by atoms with Gasteiger partial charge in [0.1, 0.15) is 13.2 Å². The highest BCUT2D eigenvalue weighted by molar-refractivity contribution is 5.71. The molecule has 0 spiro atoms. The third kappa shape index (κ3) is 52.9. The summed E-state index contributed by atoms with van der Waals surface area (Å²) in [4.78, 5) is 38.1. The zero-order chi connectivity index (χ0) is 48.6. The van der Waals surface area contributed by atoms with Crippen molar-refractivity contribution < 1.29 is 28.6 Å². The Balaban J connectivity index is 4.54. The molecule has 1 atom stereocenters. The van der Waals surface area contributed by atoms with Crippen molar-refractivity contribution in [3.63, 3.8) is 0 Å². The van der Waals surface area contributed by atoms with Crippen LogP contribution in [0.4, 0.5) is 0 Å². The van der Waals surface area contributed by atoms with Gasteiger partial charge in [-0.3, -0.25) is 14.4 Å². The molecule has 0 aromatic heterocycles. The molecule has 0 rings (SSSR count). The highest BCUT2D eigenvalue weighted by Gasteiger charge is 2.19. The van der Waals surface area contributed by atoms with Crippen LogP contribution in [0.15, 0.2) is 109 Å². The molecule has 0 heterocycles. The van der Waals surface area contributed by atoms with Crippen LogP contribution in [0.5, 0.6) is 0 Å². The van der Waals surface area contributed by atoms with Gasteiger partial charge in [-0.1, -0.05) is 220 Å². The molecule has 0 aliphatic carbocycles. The molecular weight excluding hydrogens is 829 g/mol. The minimum Gasteiger partial charge on any atom is -0.462 e. The predicted octanol–water partition coefficient (Wildman–Crippen LogP) is 18.3. The quantitative estimate of drug-likeness (QED) is 0.0199. The first-order valence-corrected chi connectivity index (χ1v) is 27.4. The predicted molar refractivity (Wildman–Crippen MR) is 288 cm³/mol. The van der Waals surface area contributed by atoms with Gasteiger partial charge in [-0.25, -0.2) is 0 Å². The number of rotatable bonds is 48. The van der Waals surface area contributed by atoms with Crippen molar-refractivity contribution >= 4 is 17.9 Å². The SMILES string of the molecule is CC/C=C\C/C=C\CCCCCCCCCC(=O)OCC(COC(=O)CCCCCCC\C=C/C=C\C=C/CCCCCCC)OC(=O)CCC/C=C\C/C=C\C/C=C\C/C=C\CCCCC. The van der Waals surface area contributed by atoms with Crippen molar-refractivity contribution in [2.75, 3.05) is 13.2 Å². The van der Waals surface area contributed by atoms with Gasteiger partial charge in [-0.05, 0) is 109 Å². The lowest BCUT2D eigenvalue weighted by Crippen LogP contribution is -2.30. The normalized spacial score (nSPS) is 12.9. The van der Waals surface area contributed by atoms with Crippen LogP contribution in [0.25, 0.3) is 0 Å². The van der Waals surface area contributed by atoms with E-state index in [2.05, 4.69) is 130 Å². The summed E-state index contributed by atoms with van der Waals surface area (Å²) in [5, 5.41) is 0. The van der Waals surface area contributed by atoms with E-state index in [1.807, 2.05) is 0 Å². The summed E-state index contributed by atoms with van der Waals surface area (Å²) in [5.74, 6) is -1.000. The molecule has 1 unspecified atom stereocenters. The largest absolute Gasteiger partial charge is 0.462 e. The Hall–Kier alpha value is -3.93. The van der Waals surface area contributed by atoms with E-state index in [4.69, 9.17) is 14.2 Å². The van der Waals surface area contributed by atoms with E-state index in [0.717, 1.165) is 109 Å². The van der Waals surface area contributed by atoms with Crippen LogP contribution in [0.1, 0.15) is 239 Å². The summed E-state index contributed by atoms with van der Waals surface area (Å²) in [6.45, 7) is 6.41. The molecule has 0 amide bonds. The highest BCUT2D eigenvalue weighted by atomic mass is 16.6. The summed E-state index contributed by atoms with van der Waals surface area (Å²) < 4.78 is 16.8. The Kier molecular flexibility index (Phi) is 51.5. The molecule has 0 aromatic rings. The van der Waals surface area contributed by atoms with Crippen molar-refractivity contribution in [2.24, 2.45) is 0 Å². The smallest absolute Gasteiger partial charge is 0.306 e. The molecule has 0 aromatic carbocycles. The number of carbonyl (C=O) groups is 3. The van der Waals surface area contributed by atoms with Gasteiger partial charge in [0, 0.05) is 19.3 Å². The van der Waals surface area contributed by atoms with Crippen LogP contribution in [-0.2, 0) is 28.6 Å². The van der Waals surface area contributed by atoms with E-state index in [-0.39, 0.29) is 37.5 Å². The van der Waals surface area contributed by atoms with Crippen molar-refractivity contribution in [3.8, 4) is 0 Å². The minimum absolute atomic E-state index is 0.113. The third-order valence-electron chi connectivity index (χ3n) is 11.3. The van der Waals surface area contributed by atoms with Gasteiger partial charge in [0.2, 0.25) is 0 Å². The van der Waals surface area contributed by atoms with Gasteiger partial charge in [-0.15, -0.1) is 0 Å². The second-order valence-corrected chi connectivity index (χ2v) is 17.8. The maximum absolute atomic E-state index is 12.8. The number of ether oxygens (including phenoxy) is 3. The second kappa shape index (κ2) is 54.7. The van der Waals surface area contributed by atoms with Gasteiger partial charge < -0.3 is 14.2 Å². The molecule has 6 nitrogen and oxygen atoms in total. The third-order valence-corrected chi connectivity index (χ3v) is 11.3. The fourth-order valence-corrected chi connectivity index (χ4v) is 7.18. The zero-order valence-corrected chi connectivity index (χ0v) is 43.4. The molecule has 0 saturated heterocycles. The van der Waals surface area contributed by atoms with E-state index in [9.17, 15) is 14.4 Å². The van der Waals surface area contributed by atoms with Crippen LogP contribution in [0.2, 0.25) is 0 Å². The summed E-state index contributed by atoms with van der Waals surface area (Å²) in [6, 6.07) is 0. The van der Waals surface area contributed by atoms with E-state index >= 15 is 0 Å². The summed E-state index contributed by atoms with van der Waals surface area (Å²) in [5.41, 5.74) is 0. The Morgan fingerprint density at radius 2 is 0.657 bits per heavy atom. The topological polar surface area (TPSA) is 78.9 Å². The molecule has 6 heteroatoms. The lowest BCUT2D eigenvalue weighted by molar-refractivity contribution is -0.167. The van der Waals surface area contributed by atoms with Crippen LogP contribution >= 0.6 is 0 Å². The first-order valence-electron chi connectivity index (χ1n) is 27.4. The highest BCUT2D eigenvalue weighted by Crippen LogP contribution is 2.13. The molecule has 0 aliphatic heterocycles. The molecule has 0 radical (unpaired) electrons. The van der Waals surface area contributed by atoms with Gasteiger partial charge >= 0.3 is 17.9 Å². The molecule has 0 N–H and O–H groups in total. The maximum atomic E-state index is 12.8. The van der Waals surface area contributed by atoms with Crippen LogP contribution < -0.4 is 0 Å². The fraction of sp³-hybridized carbons (Fsp3) is 0.656. The average molecular weight is 929 g/mol. The number of unbranched alkanes of at least 4 members (excludes halogenated alkanes) is 21. The van der Waals surface area contributed by atoms with Crippen LogP contribution in [0.3, 0.4) is 0 Å². The number of carbonyl (C=O) groups excluding carboxylic acids is 3. The second-order valence-electron chi connectivity index (χ2n) is 17.8. The molecular formula is C61H100O6. The average Bonchev–Trinajstić information content (AvgIpc) is 3.33. The van der Waals surface area contributed by atoms with Gasteiger partial charge in [0.15, 0.2) is 6.10 Å². The van der Waals surface area contributed by atoms with E-state index in [0.29, 0.717) is 19.3 Å². The Labute approximate surface area is 412 Å². The number of esters is 3. The van der Waals surface area contributed by atoms with E-state index in [1.165, 1.54) is 83.5 Å². The summed E-state index contributed by atoms with van der Waals surface area (Å²) >= 11 is 0. The number of allylic oxidation sites excluding steroid dienone is 18. The lowest BCUT2D eigenvalue weighted by Gasteiger charge is -2.18. The Morgan fingerprint density at radius 3 is 1.10 bits per heavy atom. The van der Waals surface area contributed by atoms with Gasteiger partial charge in [-0.2, -0.15) is 0 Å². The number of hydrogen-bond acceptors (Lipinski definition) is 6. The summed E-state index contributed by atoms with van der Waals surface area (Å²) in [7, 11) is 0. The van der Waals surface area contributed by atoms with Crippen molar-refractivity contribution in [2.45, 2.75) is 245 Å². The first-order chi connectivity index (χ1) is 33.0. The van der Waals surface area contributed by atoms with E-state index in [1.54, 1.807) is 0 Å². The lowest BCUT2D eigenvalue weighted by atomic mass is 10.1.